The number of thioether (sulfide) groups is 1. The number of rotatable bonds is 3. The van der Waals surface area contributed by atoms with Crippen LogP contribution < -0.4 is 4.74 Å². The van der Waals surface area contributed by atoms with Crippen LogP contribution in [0.3, 0.4) is 0 Å². The topological polar surface area (TPSA) is 57.5 Å². The Morgan fingerprint density at radius 3 is 2.85 bits per heavy atom. The number of aliphatic imine (C=N–C) groups is 1. The number of carbonyl (C=O) groups is 1. The summed E-state index contributed by atoms with van der Waals surface area (Å²) in [4.78, 5) is 21.5. The molecule has 0 fully saturated rings. The molecular weight excluding hydrogens is 348 g/mol. The molecule has 1 amide bonds. The standard InChI is InChI=1S/C19H22N4O2S/c1-12-21-18-17(15-8-9-22(2)11-16(15)26-18)19(24)23(12)20-10-13-4-6-14(25-3)7-5-13/h4-7,10,17-18H,8-9,11H2,1-3H3/b20-10+. The van der Waals surface area contributed by atoms with Crippen molar-refractivity contribution in [3.63, 3.8) is 0 Å². The zero-order chi connectivity index (χ0) is 18.3. The normalized spacial score (nSPS) is 26.2. The molecule has 3 heterocycles. The number of methoxy groups -OCH3 is 1. The molecule has 7 heteroatoms. The number of amides is 1. The summed E-state index contributed by atoms with van der Waals surface area (Å²) in [7, 11) is 3.76. The largest absolute Gasteiger partial charge is 0.497 e. The highest BCUT2D eigenvalue weighted by atomic mass is 32.2. The van der Waals surface area contributed by atoms with Crippen molar-refractivity contribution in [3.8, 4) is 5.75 Å². The summed E-state index contributed by atoms with van der Waals surface area (Å²) in [6.45, 7) is 3.77. The van der Waals surface area contributed by atoms with Crippen molar-refractivity contribution in [2.24, 2.45) is 16.0 Å². The predicted octanol–water partition coefficient (Wildman–Crippen LogP) is 2.57. The molecule has 0 spiro atoms. The molecule has 6 nitrogen and oxygen atoms in total. The van der Waals surface area contributed by atoms with Crippen molar-refractivity contribution in [3.05, 3.63) is 40.3 Å². The van der Waals surface area contributed by atoms with E-state index in [1.807, 2.05) is 31.2 Å². The van der Waals surface area contributed by atoms with Crippen molar-refractivity contribution < 1.29 is 9.53 Å². The Kier molecular flexibility index (Phi) is 4.58. The van der Waals surface area contributed by atoms with Crippen LogP contribution >= 0.6 is 11.8 Å². The second-order valence-corrected chi connectivity index (χ2v) is 7.98. The molecule has 4 rings (SSSR count). The van der Waals surface area contributed by atoms with Crippen molar-refractivity contribution in [1.82, 2.24) is 9.91 Å². The van der Waals surface area contributed by atoms with E-state index in [4.69, 9.17) is 9.73 Å². The fourth-order valence-electron chi connectivity index (χ4n) is 3.56. The molecule has 2 unspecified atom stereocenters. The van der Waals surface area contributed by atoms with Crippen LogP contribution in [0.1, 0.15) is 18.9 Å². The van der Waals surface area contributed by atoms with Gasteiger partial charge in [-0.05, 0) is 55.8 Å². The first-order valence-corrected chi connectivity index (χ1v) is 9.58. The third kappa shape index (κ3) is 3.05. The minimum Gasteiger partial charge on any atom is -0.497 e. The number of likely N-dealkylation sites (N-methyl/N-ethyl adjacent to an activating group) is 1. The molecule has 0 aromatic heterocycles. The van der Waals surface area contributed by atoms with Gasteiger partial charge in [-0.15, -0.1) is 11.8 Å². The number of amidine groups is 1. The molecule has 0 saturated carbocycles. The molecule has 136 valence electrons. The van der Waals surface area contributed by atoms with E-state index in [2.05, 4.69) is 17.0 Å². The van der Waals surface area contributed by atoms with Crippen LogP contribution in [0.25, 0.3) is 0 Å². The third-order valence-electron chi connectivity index (χ3n) is 4.99. The average Bonchev–Trinajstić information content (AvgIpc) is 2.99. The van der Waals surface area contributed by atoms with E-state index in [9.17, 15) is 4.79 Å². The zero-order valence-corrected chi connectivity index (χ0v) is 16.0. The molecule has 1 aromatic rings. The molecule has 1 aromatic carbocycles. The number of benzene rings is 1. The first kappa shape index (κ1) is 17.3. The number of fused-ring (bicyclic) bond motifs is 2. The van der Waals surface area contributed by atoms with Gasteiger partial charge in [-0.25, -0.2) is 0 Å². The summed E-state index contributed by atoms with van der Waals surface area (Å²) in [5.41, 5.74) is 2.18. The van der Waals surface area contributed by atoms with E-state index in [0.717, 1.165) is 30.8 Å². The lowest BCUT2D eigenvalue weighted by molar-refractivity contribution is -0.131. The maximum atomic E-state index is 13.1. The number of ether oxygens (including phenoxy) is 1. The molecule has 26 heavy (non-hydrogen) atoms. The summed E-state index contributed by atoms with van der Waals surface area (Å²) in [5, 5.41) is 5.87. The Bertz CT molecular complexity index is 815. The maximum absolute atomic E-state index is 13.1. The van der Waals surface area contributed by atoms with Gasteiger partial charge in [0, 0.05) is 18.0 Å². The molecule has 3 aliphatic heterocycles. The quantitative estimate of drug-likeness (QED) is 0.768. The molecule has 0 saturated heterocycles. The predicted molar refractivity (Wildman–Crippen MR) is 105 cm³/mol. The van der Waals surface area contributed by atoms with Crippen LogP contribution in [0.4, 0.5) is 0 Å². The fourth-order valence-corrected chi connectivity index (χ4v) is 5.15. The molecule has 0 aliphatic carbocycles. The summed E-state index contributed by atoms with van der Waals surface area (Å²) in [6.07, 6.45) is 2.64. The van der Waals surface area contributed by atoms with E-state index in [1.54, 1.807) is 25.1 Å². The van der Waals surface area contributed by atoms with Crippen molar-refractivity contribution >= 4 is 29.7 Å². The van der Waals surface area contributed by atoms with Crippen LogP contribution in [-0.2, 0) is 4.79 Å². The van der Waals surface area contributed by atoms with Crippen molar-refractivity contribution in [1.29, 1.82) is 0 Å². The number of hydrazone groups is 1. The van der Waals surface area contributed by atoms with Crippen LogP contribution in [0.15, 0.2) is 44.8 Å². The minimum absolute atomic E-state index is 0.0218. The van der Waals surface area contributed by atoms with Gasteiger partial charge in [0.15, 0.2) is 0 Å². The van der Waals surface area contributed by atoms with E-state index >= 15 is 0 Å². The Morgan fingerprint density at radius 2 is 2.12 bits per heavy atom. The van der Waals surface area contributed by atoms with E-state index < -0.39 is 0 Å². The lowest BCUT2D eigenvalue weighted by Gasteiger charge is -2.30. The van der Waals surface area contributed by atoms with Gasteiger partial charge in [-0.2, -0.15) is 10.1 Å². The number of hydrogen-bond acceptors (Lipinski definition) is 6. The van der Waals surface area contributed by atoms with Gasteiger partial charge < -0.3 is 9.64 Å². The first-order chi connectivity index (χ1) is 12.6. The van der Waals surface area contributed by atoms with Crippen molar-refractivity contribution in [2.45, 2.75) is 18.7 Å². The Balaban J connectivity index is 1.57. The highest BCUT2D eigenvalue weighted by Gasteiger charge is 2.46. The zero-order valence-electron chi connectivity index (χ0n) is 15.2. The minimum atomic E-state index is -0.166. The number of hydrogen-bond donors (Lipinski definition) is 0. The van der Waals surface area contributed by atoms with Crippen LogP contribution in [-0.4, -0.2) is 60.5 Å². The van der Waals surface area contributed by atoms with Gasteiger partial charge >= 0.3 is 0 Å². The summed E-state index contributed by atoms with van der Waals surface area (Å²) in [5.74, 6) is 1.32. The van der Waals surface area contributed by atoms with E-state index in [-0.39, 0.29) is 17.2 Å². The molecule has 0 N–H and O–H groups in total. The van der Waals surface area contributed by atoms with Gasteiger partial charge in [0.1, 0.15) is 17.0 Å². The maximum Gasteiger partial charge on any atom is 0.258 e. The average molecular weight is 370 g/mol. The molecule has 0 radical (unpaired) electrons. The second-order valence-electron chi connectivity index (χ2n) is 6.77. The summed E-state index contributed by atoms with van der Waals surface area (Å²) in [6, 6.07) is 7.57. The van der Waals surface area contributed by atoms with Gasteiger partial charge in [0.05, 0.1) is 19.2 Å². The number of nitrogens with zero attached hydrogens (tertiary/aromatic N) is 4. The molecule has 3 aliphatic rings. The summed E-state index contributed by atoms with van der Waals surface area (Å²) < 4.78 is 5.16. The van der Waals surface area contributed by atoms with Gasteiger partial charge in [0.25, 0.3) is 5.91 Å². The molecular formula is C19H22N4O2S. The highest BCUT2D eigenvalue weighted by molar-refractivity contribution is 8.04. The molecule has 2 atom stereocenters. The lowest BCUT2D eigenvalue weighted by atomic mass is 9.91. The molecule has 0 bridgehead atoms. The Labute approximate surface area is 157 Å². The van der Waals surface area contributed by atoms with Gasteiger partial charge in [0.2, 0.25) is 0 Å². The van der Waals surface area contributed by atoms with E-state index in [1.165, 1.54) is 15.5 Å². The van der Waals surface area contributed by atoms with Crippen LogP contribution in [0.5, 0.6) is 5.75 Å². The van der Waals surface area contributed by atoms with Gasteiger partial charge in [-0.1, -0.05) is 0 Å². The van der Waals surface area contributed by atoms with E-state index in [0.29, 0.717) is 5.84 Å². The summed E-state index contributed by atoms with van der Waals surface area (Å²) >= 11 is 1.75. The van der Waals surface area contributed by atoms with Crippen LogP contribution in [0, 0.1) is 5.92 Å². The highest BCUT2D eigenvalue weighted by Crippen LogP contribution is 2.48. The number of carbonyl (C=O) groups excluding carboxylic acids is 1. The smallest absolute Gasteiger partial charge is 0.258 e. The first-order valence-electron chi connectivity index (χ1n) is 8.70. The Morgan fingerprint density at radius 1 is 1.35 bits per heavy atom. The fraction of sp³-hybridized carbons (Fsp3) is 0.421. The Hall–Kier alpha value is -2.12. The van der Waals surface area contributed by atoms with Gasteiger partial charge in [-0.3, -0.25) is 9.79 Å². The SMILES string of the molecule is COc1ccc(/C=N/N2C(=O)C3C4=C(CN(C)CC4)SC3N=C2C)cc1. The third-order valence-corrected chi connectivity index (χ3v) is 6.29. The lowest BCUT2D eigenvalue weighted by Crippen LogP contribution is -2.44. The monoisotopic (exact) mass is 370 g/mol. The van der Waals surface area contributed by atoms with Crippen molar-refractivity contribution in [2.75, 3.05) is 27.2 Å². The van der Waals surface area contributed by atoms with Crippen LogP contribution in [0.2, 0.25) is 0 Å². The second kappa shape index (κ2) is 6.89.